The minimum atomic E-state index is -0.437. The third kappa shape index (κ3) is 3.21. The van der Waals surface area contributed by atoms with Gasteiger partial charge in [-0.2, -0.15) is 0 Å². The first-order chi connectivity index (χ1) is 8.70. The highest BCUT2D eigenvalue weighted by molar-refractivity contribution is 9.10. The molecular weight excluding hydrogens is 299 g/mol. The van der Waals surface area contributed by atoms with Crippen LogP contribution in [0, 0.1) is 5.82 Å². The lowest BCUT2D eigenvalue weighted by atomic mass is 10.1. The Morgan fingerprint density at radius 1 is 1.33 bits per heavy atom. The van der Waals surface area contributed by atoms with E-state index in [1.807, 2.05) is 6.08 Å². The van der Waals surface area contributed by atoms with E-state index in [1.54, 1.807) is 0 Å². The summed E-state index contributed by atoms with van der Waals surface area (Å²) < 4.78 is 19.5. The van der Waals surface area contributed by atoms with Crippen LogP contribution < -0.4 is 4.74 Å². The Labute approximate surface area is 114 Å². The Bertz CT molecular complexity index is 495. The largest absolute Gasteiger partial charge is 0.488 e. The fourth-order valence-corrected chi connectivity index (χ4v) is 2.17. The standard InChI is InChI=1S/C14H14BrFO2/c15-12-7-13(16)11(8-17)6-14(12)18-9-10-4-2-1-3-5-10/h2,4-7,17H,1,3,8-9H2. The van der Waals surface area contributed by atoms with E-state index < -0.39 is 5.82 Å². The second-order valence-electron chi connectivity index (χ2n) is 4.08. The second kappa shape index (κ2) is 6.16. The number of rotatable bonds is 4. The molecule has 0 unspecified atom stereocenters. The van der Waals surface area contributed by atoms with Crippen LogP contribution in [-0.2, 0) is 6.61 Å². The number of hydrogen-bond donors (Lipinski definition) is 1. The Morgan fingerprint density at radius 2 is 2.17 bits per heavy atom. The fourth-order valence-electron chi connectivity index (χ4n) is 1.74. The highest BCUT2D eigenvalue weighted by Crippen LogP contribution is 2.29. The zero-order chi connectivity index (χ0) is 13.0. The summed E-state index contributed by atoms with van der Waals surface area (Å²) in [6.45, 7) is 0.115. The van der Waals surface area contributed by atoms with Crippen LogP contribution in [0.2, 0.25) is 0 Å². The van der Waals surface area contributed by atoms with Gasteiger partial charge < -0.3 is 9.84 Å². The number of hydrogen-bond acceptors (Lipinski definition) is 2. The molecule has 1 aromatic rings. The number of allylic oxidation sites excluding steroid dienone is 2. The van der Waals surface area contributed by atoms with Gasteiger partial charge in [0.2, 0.25) is 0 Å². The first kappa shape index (κ1) is 13.3. The number of ether oxygens (including phenoxy) is 1. The maximum absolute atomic E-state index is 13.4. The van der Waals surface area contributed by atoms with Crippen molar-refractivity contribution in [1.82, 2.24) is 0 Å². The minimum Gasteiger partial charge on any atom is -0.488 e. The van der Waals surface area contributed by atoms with Gasteiger partial charge in [0.15, 0.2) is 0 Å². The van der Waals surface area contributed by atoms with Crippen molar-refractivity contribution in [2.24, 2.45) is 0 Å². The lowest BCUT2D eigenvalue weighted by molar-refractivity contribution is 0.274. The van der Waals surface area contributed by atoms with Crippen LogP contribution in [0.25, 0.3) is 0 Å². The van der Waals surface area contributed by atoms with Gasteiger partial charge in [-0.3, -0.25) is 0 Å². The monoisotopic (exact) mass is 312 g/mol. The van der Waals surface area contributed by atoms with Crippen molar-refractivity contribution >= 4 is 15.9 Å². The lowest BCUT2D eigenvalue weighted by Gasteiger charge is -2.12. The van der Waals surface area contributed by atoms with Gasteiger partial charge in [-0.25, -0.2) is 4.39 Å². The van der Waals surface area contributed by atoms with Crippen molar-refractivity contribution in [3.05, 3.63) is 51.8 Å². The van der Waals surface area contributed by atoms with E-state index in [0.29, 0.717) is 16.8 Å². The summed E-state index contributed by atoms with van der Waals surface area (Å²) >= 11 is 3.25. The summed E-state index contributed by atoms with van der Waals surface area (Å²) in [5, 5.41) is 9.02. The zero-order valence-electron chi connectivity index (χ0n) is 9.83. The van der Waals surface area contributed by atoms with Crippen molar-refractivity contribution in [3.63, 3.8) is 0 Å². The third-order valence-corrected chi connectivity index (χ3v) is 3.36. The van der Waals surface area contributed by atoms with Gasteiger partial charge in [0, 0.05) is 5.56 Å². The van der Waals surface area contributed by atoms with Crippen molar-refractivity contribution in [2.75, 3.05) is 6.61 Å². The molecule has 0 fully saturated rings. The Kier molecular flexibility index (Phi) is 4.55. The third-order valence-electron chi connectivity index (χ3n) is 2.74. The molecular formula is C14H14BrFO2. The molecule has 0 radical (unpaired) electrons. The van der Waals surface area contributed by atoms with Gasteiger partial charge in [0.25, 0.3) is 0 Å². The van der Waals surface area contributed by atoms with Crippen LogP contribution in [0.3, 0.4) is 0 Å². The first-order valence-corrected chi connectivity index (χ1v) is 6.57. The molecule has 0 saturated carbocycles. The molecule has 96 valence electrons. The second-order valence-corrected chi connectivity index (χ2v) is 4.93. The van der Waals surface area contributed by atoms with Crippen LogP contribution >= 0.6 is 15.9 Å². The van der Waals surface area contributed by atoms with E-state index in [2.05, 4.69) is 28.1 Å². The molecule has 0 atom stereocenters. The number of benzene rings is 1. The van der Waals surface area contributed by atoms with E-state index in [-0.39, 0.29) is 12.2 Å². The molecule has 1 aliphatic carbocycles. The maximum atomic E-state index is 13.4. The van der Waals surface area contributed by atoms with E-state index in [0.717, 1.165) is 18.4 Å². The predicted octanol–water partition coefficient (Wildman–Crippen LogP) is 3.74. The van der Waals surface area contributed by atoms with Crippen LogP contribution in [0.4, 0.5) is 4.39 Å². The van der Waals surface area contributed by atoms with Gasteiger partial charge in [-0.15, -0.1) is 0 Å². The molecule has 1 N–H and O–H groups in total. The quantitative estimate of drug-likeness (QED) is 0.918. The molecule has 18 heavy (non-hydrogen) atoms. The summed E-state index contributed by atoms with van der Waals surface area (Å²) in [5.74, 6) is 0.105. The SMILES string of the molecule is OCc1cc(OCC2=CCCC=C2)c(Br)cc1F. The molecule has 2 nitrogen and oxygen atoms in total. The summed E-state index contributed by atoms with van der Waals surface area (Å²) in [7, 11) is 0. The summed E-state index contributed by atoms with van der Waals surface area (Å²) in [5.41, 5.74) is 1.35. The van der Waals surface area contributed by atoms with Crippen molar-refractivity contribution in [3.8, 4) is 5.75 Å². The Morgan fingerprint density at radius 3 is 2.83 bits per heavy atom. The predicted molar refractivity (Wildman–Crippen MR) is 72.0 cm³/mol. The number of aliphatic hydroxyl groups excluding tert-OH is 1. The van der Waals surface area contributed by atoms with Gasteiger partial charge >= 0.3 is 0 Å². The number of halogens is 2. The van der Waals surface area contributed by atoms with Gasteiger partial charge in [-0.1, -0.05) is 18.2 Å². The first-order valence-electron chi connectivity index (χ1n) is 5.78. The molecule has 0 heterocycles. The van der Waals surface area contributed by atoms with Crippen molar-refractivity contribution in [1.29, 1.82) is 0 Å². The molecule has 2 rings (SSSR count). The average molecular weight is 313 g/mol. The average Bonchev–Trinajstić information content (AvgIpc) is 2.39. The molecule has 0 aliphatic heterocycles. The van der Waals surface area contributed by atoms with Crippen LogP contribution in [-0.4, -0.2) is 11.7 Å². The van der Waals surface area contributed by atoms with Crippen molar-refractivity contribution in [2.45, 2.75) is 19.4 Å². The highest BCUT2D eigenvalue weighted by Gasteiger charge is 2.09. The fraction of sp³-hybridized carbons (Fsp3) is 0.286. The minimum absolute atomic E-state index is 0.237. The van der Waals surface area contributed by atoms with E-state index >= 15 is 0 Å². The molecule has 0 aromatic heterocycles. The maximum Gasteiger partial charge on any atom is 0.134 e. The molecule has 0 saturated heterocycles. The van der Waals surface area contributed by atoms with Gasteiger partial charge in [0.1, 0.15) is 18.2 Å². The van der Waals surface area contributed by atoms with Crippen LogP contribution in [0.5, 0.6) is 5.75 Å². The zero-order valence-corrected chi connectivity index (χ0v) is 11.4. The van der Waals surface area contributed by atoms with E-state index in [4.69, 9.17) is 9.84 Å². The summed E-state index contributed by atoms with van der Waals surface area (Å²) in [6, 6.07) is 2.83. The summed E-state index contributed by atoms with van der Waals surface area (Å²) in [4.78, 5) is 0. The normalized spacial score (nSPS) is 14.5. The van der Waals surface area contributed by atoms with E-state index in [1.165, 1.54) is 12.1 Å². The molecule has 0 bridgehead atoms. The molecule has 1 aromatic carbocycles. The Balaban J connectivity index is 2.09. The van der Waals surface area contributed by atoms with Crippen molar-refractivity contribution < 1.29 is 14.2 Å². The molecule has 0 amide bonds. The molecule has 4 heteroatoms. The smallest absolute Gasteiger partial charge is 0.134 e. The summed E-state index contributed by atoms with van der Waals surface area (Å²) in [6.07, 6.45) is 8.37. The topological polar surface area (TPSA) is 29.5 Å². The van der Waals surface area contributed by atoms with Crippen LogP contribution in [0.1, 0.15) is 18.4 Å². The van der Waals surface area contributed by atoms with Gasteiger partial charge in [0.05, 0.1) is 11.1 Å². The van der Waals surface area contributed by atoms with Gasteiger partial charge in [-0.05, 0) is 46.5 Å². The lowest BCUT2D eigenvalue weighted by Crippen LogP contribution is -2.03. The molecule has 1 aliphatic rings. The van der Waals surface area contributed by atoms with Crippen LogP contribution in [0.15, 0.2) is 40.4 Å². The Hall–Kier alpha value is -1.13. The molecule has 0 spiro atoms. The van der Waals surface area contributed by atoms with E-state index in [9.17, 15) is 4.39 Å². The number of aliphatic hydroxyl groups is 1. The highest BCUT2D eigenvalue weighted by atomic mass is 79.9.